The van der Waals surface area contributed by atoms with E-state index in [0.717, 1.165) is 23.2 Å². The highest BCUT2D eigenvalue weighted by Crippen LogP contribution is 2.64. The van der Waals surface area contributed by atoms with Crippen LogP contribution in [0.3, 0.4) is 0 Å². The van der Waals surface area contributed by atoms with Crippen LogP contribution >= 0.6 is 27.2 Å². The van der Waals surface area contributed by atoms with Crippen LogP contribution in [0.4, 0.5) is 14.6 Å². The van der Waals surface area contributed by atoms with Crippen molar-refractivity contribution in [2.24, 2.45) is 0 Å². The van der Waals surface area contributed by atoms with Crippen LogP contribution in [0.25, 0.3) is 11.2 Å². The molecule has 2 aliphatic heterocycles. The second kappa shape index (κ2) is 17.1. The van der Waals surface area contributed by atoms with Crippen molar-refractivity contribution in [3.8, 4) is 5.75 Å². The van der Waals surface area contributed by atoms with Crippen molar-refractivity contribution in [2.75, 3.05) is 18.9 Å². The Morgan fingerprint density at radius 3 is 2.54 bits per heavy atom. The molecule has 290 valence electrons. The molecule has 4 aromatic rings. The molecule has 0 aliphatic carbocycles. The fourth-order valence-electron chi connectivity index (χ4n) is 5.63. The van der Waals surface area contributed by atoms with E-state index in [1.54, 1.807) is 12.1 Å². The predicted molar refractivity (Wildman–Crippen MR) is 184 cm³/mol. The lowest BCUT2D eigenvalue weighted by molar-refractivity contribution is -0.141. The number of hydrogen-bond donors (Lipinski definition) is 3. The second-order valence-corrected chi connectivity index (χ2v) is 16.0. The molecule has 2 aliphatic rings. The summed E-state index contributed by atoms with van der Waals surface area (Å²) in [5.74, 6) is -0.390. The zero-order valence-electron chi connectivity index (χ0n) is 27.7. The molecule has 1 aromatic carbocycles. The first-order valence-electron chi connectivity index (χ1n) is 15.7. The summed E-state index contributed by atoms with van der Waals surface area (Å²) in [6, 6.07) is 7.03. The maximum atomic E-state index is 16.2. The lowest BCUT2D eigenvalue weighted by atomic mass is 10.1. The summed E-state index contributed by atoms with van der Waals surface area (Å²) in [4.78, 5) is 70.3. The lowest BCUT2D eigenvalue weighted by Gasteiger charge is -2.26. The first-order chi connectivity index (χ1) is 25.9. The molecule has 0 bridgehead atoms. The van der Waals surface area contributed by atoms with Crippen LogP contribution in [0, 0.1) is 0 Å². The Balaban J connectivity index is 1.26. The van der Waals surface area contributed by atoms with E-state index in [2.05, 4.69) is 15.0 Å². The van der Waals surface area contributed by atoms with Gasteiger partial charge < -0.3 is 34.1 Å². The van der Waals surface area contributed by atoms with Gasteiger partial charge in [0.25, 0.3) is 12.0 Å². The average molecular weight is 818 g/mol. The van der Waals surface area contributed by atoms with Gasteiger partial charge in [0.05, 0.1) is 19.5 Å². The van der Waals surface area contributed by atoms with Gasteiger partial charge in [-0.3, -0.25) is 37.5 Å². The minimum atomic E-state index is -4.62. The number of nitrogen functional groups attached to an aromatic ring is 1. The lowest BCUT2D eigenvalue weighted by Crippen LogP contribution is -2.36. The third-order valence-corrected chi connectivity index (χ3v) is 12.0. The van der Waals surface area contributed by atoms with Crippen LogP contribution in [0.15, 0.2) is 58.8 Å². The number of nitrogens with one attached hydrogen (secondary N) is 1. The number of aromatic nitrogens is 6. The van der Waals surface area contributed by atoms with Crippen molar-refractivity contribution in [2.45, 2.75) is 61.9 Å². The smallest absolute Gasteiger partial charge is 0.389 e. The summed E-state index contributed by atoms with van der Waals surface area (Å²) in [7, 11) is -1.06. The van der Waals surface area contributed by atoms with Gasteiger partial charge in [0, 0.05) is 24.9 Å². The zero-order chi connectivity index (χ0) is 38.6. The quantitative estimate of drug-likeness (QED) is 0.0631. The number of benzene rings is 1. The summed E-state index contributed by atoms with van der Waals surface area (Å²) in [6.45, 7) is -4.65. The molecular weight excluding hydrogens is 786 g/mol. The molecule has 2 unspecified atom stereocenters. The van der Waals surface area contributed by atoms with Gasteiger partial charge in [-0.2, -0.15) is 0 Å². The summed E-state index contributed by atoms with van der Waals surface area (Å²) >= 11 is 0.576. The normalized spacial score (nSPS) is 26.7. The molecule has 25 heteroatoms. The van der Waals surface area contributed by atoms with Crippen molar-refractivity contribution in [1.29, 1.82) is 0 Å². The number of carbonyl (C=O) groups is 2. The van der Waals surface area contributed by atoms with E-state index >= 15 is 8.78 Å². The van der Waals surface area contributed by atoms with Crippen molar-refractivity contribution in [3.63, 3.8) is 0 Å². The minimum absolute atomic E-state index is 0.0234. The standard InChI is InChI=1S/C29H31F2N7O13P2S/c1-14(40)48-16-4-2-15(3-5-16)10-54-53(44,51-23-18(8-46-52-43)50-27(21(23)31)37-7-6-19(41)36-29(37)42)47-9-17-20(30)24(45-13-39)28(49-17)38-12-35-22-25(32)33-11-34-26(22)38/h2-7,11-13,17-18,20-21,23-24,27-28,43,52H,8-10H2,1H3,(H2,32,33,34)(H,36,41,42)/t17-,18-,20-,21-,23-,24-,27-,28-,53?/m1/s1. The van der Waals surface area contributed by atoms with E-state index in [-0.39, 0.29) is 35.0 Å². The number of carbonyl (C=O) groups excluding carboxylic acids is 2. The van der Waals surface area contributed by atoms with Crippen molar-refractivity contribution in [1.82, 2.24) is 29.1 Å². The van der Waals surface area contributed by atoms with Crippen LogP contribution in [-0.2, 0) is 47.7 Å². The number of hydrogen-bond acceptors (Lipinski definition) is 18. The Morgan fingerprint density at radius 2 is 1.83 bits per heavy atom. The molecule has 0 radical (unpaired) electrons. The topological polar surface area (TPSA) is 261 Å². The van der Waals surface area contributed by atoms with E-state index < -0.39 is 95.5 Å². The Hall–Kier alpha value is -4.18. The summed E-state index contributed by atoms with van der Waals surface area (Å²) in [6.07, 6.45) is -10.3. The number of esters is 1. The molecule has 6 rings (SSSR count). The Labute approximate surface area is 307 Å². The van der Waals surface area contributed by atoms with Gasteiger partial charge >= 0.3 is 18.5 Å². The maximum Gasteiger partial charge on any atom is 0.389 e. The highest BCUT2D eigenvalue weighted by Gasteiger charge is 2.53. The Morgan fingerprint density at radius 1 is 1.07 bits per heavy atom. The number of imidazole rings is 1. The maximum absolute atomic E-state index is 16.2. The van der Waals surface area contributed by atoms with Crippen molar-refractivity contribution >= 4 is 56.6 Å². The molecule has 0 amide bonds. The number of fused-ring (bicyclic) bond motifs is 1. The third-order valence-electron chi connectivity index (χ3n) is 8.06. The number of nitrogens with zero attached hydrogens (tertiary/aromatic N) is 5. The fraction of sp³-hybridized carbons (Fsp3) is 0.414. The van der Waals surface area contributed by atoms with E-state index in [1.807, 2.05) is 4.98 Å². The van der Waals surface area contributed by atoms with Gasteiger partial charge in [0.2, 0.25) is 0 Å². The van der Waals surface area contributed by atoms with Crippen LogP contribution in [0.2, 0.25) is 0 Å². The van der Waals surface area contributed by atoms with Crippen LogP contribution in [0.1, 0.15) is 24.9 Å². The molecule has 4 N–H and O–H groups in total. The molecule has 0 saturated carbocycles. The Bertz CT molecular complexity index is 2130. The number of halogens is 2. The van der Waals surface area contributed by atoms with Crippen molar-refractivity contribution in [3.05, 3.63) is 75.6 Å². The molecule has 3 aromatic heterocycles. The number of ether oxygens (including phenoxy) is 4. The number of alkyl halides is 2. The second-order valence-electron chi connectivity index (χ2n) is 11.5. The van der Waals surface area contributed by atoms with Gasteiger partial charge in [-0.05, 0) is 29.1 Å². The van der Waals surface area contributed by atoms with Crippen molar-refractivity contribution < 1.29 is 60.3 Å². The molecule has 0 spiro atoms. The van der Waals surface area contributed by atoms with E-state index in [1.165, 1.54) is 30.0 Å². The number of anilines is 1. The largest absolute Gasteiger partial charge is 0.456 e. The SMILES string of the molecule is CC(=O)Oc1ccc(CSP(=O)(OC[C@H]2O[C@@H](n3cnc4c(N)ncnc43)[C@H](OC=O)[C@@H]2F)O[C@H]2[C@@H](F)[C@H](n3ccc(=O)[nH]c3=O)O[C@@H]2COPO)cc1. The van der Waals surface area contributed by atoms with Crippen LogP contribution < -0.4 is 21.7 Å². The Kier molecular flexibility index (Phi) is 12.5. The van der Waals surface area contributed by atoms with Crippen LogP contribution in [0.5, 0.6) is 5.75 Å². The molecular formula is C29H31F2N7O13P2S. The highest BCUT2D eigenvalue weighted by atomic mass is 32.7. The van der Waals surface area contributed by atoms with Gasteiger partial charge in [-0.25, -0.2) is 33.1 Å². The predicted octanol–water partition coefficient (Wildman–Crippen LogP) is 1.86. The fourth-order valence-corrected chi connectivity index (χ4v) is 9.25. The molecule has 2 fully saturated rings. The molecule has 54 heavy (non-hydrogen) atoms. The first kappa shape index (κ1) is 39.5. The summed E-state index contributed by atoms with van der Waals surface area (Å²) < 4.78 is 87.1. The monoisotopic (exact) mass is 817 g/mol. The molecule has 2 saturated heterocycles. The minimum Gasteiger partial charge on any atom is -0.456 e. The first-order valence-corrected chi connectivity index (χ1v) is 19.7. The van der Waals surface area contributed by atoms with Gasteiger partial charge in [0.15, 0.2) is 51.4 Å². The zero-order valence-corrected chi connectivity index (χ0v) is 30.4. The molecule has 5 heterocycles. The van der Waals surface area contributed by atoms with Gasteiger partial charge in [0.1, 0.15) is 35.9 Å². The van der Waals surface area contributed by atoms with Crippen LogP contribution in [-0.4, -0.2) is 96.4 Å². The van der Waals surface area contributed by atoms with Gasteiger partial charge in [-0.1, -0.05) is 12.1 Å². The van der Waals surface area contributed by atoms with E-state index in [4.69, 9.17) is 38.3 Å². The molecule has 20 nitrogen and oxygen atoms in total. The van der Waals surface area contributed by atoms with E-state index in [0.29, 0.717) is 16.9 Å². The highest BCUT2D eigenvalue weighted by molar-refractivity contribution is 8.54. The average Bonchev–Trinajstić information content (AvgIpc) is 3.80. The van der Waals surface area contributed by atoms with Gasteiger partial charge in [-0.15, -0.1) is 0 Å². The molecule has 10 atom stereocenters. The summed E-state index contributed by atoms with van der Waals surface area (Å²) in [5.41, 5.74) is 4.93. The summed E-state index contributed by atoms with van der Waals surface area (Å²) in [5, 5.41) is 0. The number of aromatic amines is 1. The van der Waals surface area contributed by atoms with E-state index in [9.17, 15) is 28.6 Å². The number of nitrogens with two attached hydrogens (primary N) is 1. The third kappa shape index (κ3) is 8.69. The number of H-pyrrole nitrogens is 1. The number of rotatable bonds is 16.